The minimum Gasteiger partial charge on any atom is -0.430 e. The van der Waals surface area contributed by atoms with Gasteiger partial charge >= 0.3 is 17.9 Å². The summed E-state index contributed by atoms with van der Waals surface area (Å²) >= 11 is 94.4. The summed E-state index contributed by atoms with van der Waals surface area (Å²) in [5.74, 6) is -4.80. The largest absolute Gasteiger partial charge is 0.430 e. The Morgan fingerprint density at radius 3 is 1.55 bits per heavy atom. The van der Waals surface area contributed by atoms with Crippen LogP contribution in [0.2, 0.25) is 75.3 Å². The molecular weight excluding hydrogens is 1080 g/mol. The molecule has 0 bridgehead atoms. The van der Waals surface area contributed by atoms with Gasteiger partial charge in [-0.05, 0) is 25.2 Å². The number of ether oxygens (including phenoxy) is 2. The van der Waals surface area contributed by atoms with Crippen LogP contribution in [0.3, 0.4) is 0 Å². The summed E-state index contributed by atoms with van der Waals surface area (Å²) in [6.07, 6.45) is -1.95. The van der Waals surface area contributed by atoms with Gasteiger partial charge in [0.2, 0.25) is 0 Å². The van der Waals surface area contributed by atoms with E-state index in [0.29, 0.717) is 6.42 Å². The first-order valence-electron chi connectivity index (χ1n) is 15.0. The molecule has 3 N–H and O–H groups in total. The van der Waals surface area contributed by atoms with E-state index >= 15 is 0 Å². The third-order valence-corrected chi connectivity index (χ3v) is 14.6. The first-order valence-corrected chi connectivity index (χ1v) is 20.7. The van der Waals surface area contributed by atoms with Gasteiger partial charge in [-0.3, -0.25) is 0 Å². The SMILES string of the molecule is CC(C)CC(N)(C(=O)ONC(OC(=O)C1CCCN1c1c(Cl)c(Cl)c(Cl)c(Cl)c1Cl)C(=O)Oc1c(Cl)c(Cl)c(Cl)c(Cl)c1Cl)c1c(Cl)c(Cl)c(Cl)c(Cl)c1Cl.Cl. The van der Waals surface area contributed by atoms with Gasteiger partial charge in [0.05, 0.1) is 71.0 Å². The number of halogens is 16. The number of nitrogens with zero attached hydrogens (tertiary/aromatic N) is 1. The molecule has 0 radical (unpaired) electrons. The zero-order valence-corrected chi connectivity index (χ0v) is 39.8. The van der Waals surface area contributed by atoms with Gasteiger partial charge in [0.15, 0.2) is 5.75 Å². The molecule has 3 unspecified atom stereocenters. The van der Waals surface area contributed by atoms with Gasteiger partial charge in [-0.25, -0.2) is 14.4 Å². The van der Waals surface area contributed by atoms with Crippen molar-refractivity contribution in [1.82, 2.24) is 5.48 Å². The molecule has 3 aromatic carbocycles. The normalized spacial score (nSPS) is 15.7. The summed E-state index contributed by atoms with van der Waals surface area (Å²) in [7, 11) is 0. The fraction of sp³-hybridized carbons (Fsp3) is 0.323. The van der Waals surface area contributed by atoms with Crippen molar-refractivity contribution in [2.24, 2.45) is 11.7 Å². The van der Waals surface area contributed by atoms with E-state index in [1.807, 2.05) is 0 Å². The van der Waals surface area contributed by atoms with Crippen molar-refractivity contribution >= 4 is 210 Å². The number of esters is 2. The number of hydrogen-bond donors (Lipinski definition) is 2. The predicted molar refractivity (Wildman–Crippen MR) is 232 cm³/mol. The molecule has 3 aromatic rings. The van der Waals surface area contributed by atoms with E-state index in [2.05, 4.69) is 5.48 Å². The van der Waals surface area contributed by atoms with Crippen LogP contribution in [0.15, 0.2) is 0 Å². The van der Waals surface area contributed by atoms with E-state index in [0.717, 1.165) is 0 Å². The molecule has 308 valence electrons. The number of anilines is 1. The van der Waals surface area contributed by atoms with Crippen LogP contribution < -0.4 is 20.9 Å². The molecule has 25 heteroatoms. The topological polar surface area (TPSA) is 120 Å². The maximum atomic E-state index is 14.0. The molecule has 1 fully saturated rings. The Morgan fingerprint density at radius 2 is 1.11 bits per heavy atom. The third kappa shape index (κ3) is 10.0. The van der Waals surface area contributed by atoms with Crippen molar-refractivity contribution < 1.29 is 28.7 Å². The molecule has 1 aliphatic heterocycles. The van der Waals surface area contributed by atoms with Crippen LogP contribution in [0.5, 0.6) is 5.75 Å². The van der Waals surface area contributed by atoms with Crippen molar-refractivity contribution in [3.63, 3.8) is 0 Å². The average Bonchev–Trinajstić information content (AvgIpc) is 3.62. The monoisotopic (exact) mass is 1090 g/mol. The van der Waals surface area contributed by atoms with Crippen LogP contribution in [-0.4, -0.2) is 36.7 Å². The van der Waals surface area contributed by atoms with Crippen molar-refractivity contribution in [2.75, 3.05) is 11.4 Å². The van der Waals surface area contributed by atoms with Gasteiger partial charge in [0.25, 0.3) is 6.23 Å². The lowest BCUT2D eigenvalue weighted by atomic mass is 9.83. The summed E-state index contributed by atoms with van der Waals surface area (Å²) in [5.41, 5.74) is 6.31. The predicted octanol–water partition coefficient (Wildman–Crippen LogP) is 14.3. The lowest BCUT2D eigenvalue weighted by Crippen LogP contribution is -2.53. The molecule has 0 aliphatic carbocycles. The van der Waals surface area contributed by atoms with Crippen LogP contribution in [0.25, 0.3) is 0 Å². The molecule has 56 heavy (non-hydrogen) atoms. The number of rotatable bonds is 11. The maximum Gasteiger partial charge on any atom is 0.371 e. The first kappa shape index (κ1) is 50.8. The highest BCUT2D eigenvalue weighted by Gasteiger charge is 2.45. The second-order valence-electron chi connectivity index (χ2n) is 11.9. The summed E-state index contributed by atoms with van der Waals surface area (Å²) in [6.45, 7) is 3.62. The van der Waals surface area contributed by atoms with Crippen molar-refractivity contribution in [3.8, 4) is 5.75 Å². The van der Waals surface area contributed by atoms with E-state index in [1.54, 1.807) is 13.8 Å². The zero-order chi connectivity index (χ0) is 41.6. The smallest absolute Gasteiger partial charge is 0.371 e. The Labute approximate surface area is 400 Å². The molecule has 3 atom stereocenters. The van der Waals surface area contributed by atoms with Gasteiger partial charge in [-0.15, -0.1) is 17.9 Å². The van der Waals surface area contributed by atoms with Crippen molar-refractivity contribution in [2.45, 2.75) is 50.9 Å². The van der Waals surface area contributed by atoms with Gasteiger partial charge in [0.1, 0.15) is 21.6 Å². The van der Waals surface area contributed by atoms with E-state index in [-0.39, 0.29) is 114 Å². The summed E-state index contributed by atoms with van der Waals surface area (Å²) in [5, 5.41) is -3.79. The Kier molecular flexibility index (Phi) is 18.6. The summed E-state index contributed by atoms with van der Waals surface area (Å²) in [4.78, 5) is 48.4. The molecule has 0 spiro atoms. The number of hydrogen-bond acceptors (Lipinski definition) is 9. The lowest BCUT2D eigenvalue weighted by molar-refractivity contribution is -0.186. The number of hydroxylamine groups is 1. The number of nitrogens with two attached hydrogens (primary N) is 1. The Bertz CT molecular complexity index is 2000. The molecule has 0 amide bonds. The highest BCUT2D eigenvalue weighted by Crippen LogP contribution is 2.52. The minimum atomic E-state index is -2.30. The lowest BCUT2D eigenvalue weighted by Gasteiger charge is -2.32. The molecule has 1 heterocycles. The highest BCUT2D eigenvalue weighted by molar-refractivity contribution is 6.58. The number of carbonyl (C=O) groups excluding carboxylic acids is 3. The van der Waals surface area contributed by atoms with Crippen molar-refractivity contribution in [1.29, 1.82) is 0 Å². The molecular formula is C31H21Cl16N3O6. The Balaban J connectivity index is 0.00000841. The number of carbonyl (C=O) groups is 3. The number of benzene rings is 3. The van der Waals surface area contributed by atoms with Crippen LogP contribution in [0.4, 0.5) is 5.69 Å². The quantitative estimate of drug-likeness (QED) is 0.0483. The van der Waals surface area contributed by atoms with Crippen LogP contribution >= 0.6 is 186 Å². The molecule has 1 saturated heterocycles. The van der Waals surface area contributed by atoms with Crippen LogP contribution in [0, 0.1) is 5.92 Å². The second-order valence-corrected chi connectivity index (χ2v) is 17.6. The Hall–Kier alpha value is 0.430. The Morgan fingerprint density at radius 1 is 0.696 bits per heavy atom. The zero-order valence-electron chi connectivity index (χ0n) is 27.6. The van der Waals surface area contributed by atoms with Gasteiger partial charge < -0.3 is 24.9 Å². The van der Waals surface area contributed by atoms with E-state index < -0.39 is 51.5 Å². The second kappa shape index (κ2) is 20.5. The van der Waals surface area contributed by atoms with E-state index in [1.165, 1.54) is 4.90 Å². The fourth-order valence-electron chi connectivity index (χ4n) is 5.39. The van der Waals surface area contributed by atoms with Crippen LogP contribution in [-0.2, 0) is 29.5 Å². The molecule has 0 saturated carbocycles. The van der Waals surface area contributed by atoms with E-state index in [4.69, 9.17) is 194 Å². The molecule has 4 rings (SSSR count). The fourth-order valence-corrected chi connectivity index (χ4v) is 9.41. The summed E-state index contributed by atoms with van der Waals surface area (Å²) in [6, 6.07) is -1.19. The van der Waals surface area contributed by atoms with Crippen LogP contribution in [0.1, 0.15) is 38.7 Å². The van der Waals surface area contributed by atoms with Crippen molar-refractivity contribution in [3.05, 3.63) is 80.9 Å². The number of nitrogens with one attached hydrogen (secondary N) is 1. The highest BCUT2D eigenvalue weighted by atomic mass is 35.5. The minimum absolute atomic E-state index is 0. The maximum absolute atomic E-state index is 14.0. The first-order chi connectivity index (χ1) is 25.5. The standard InChI is InChI=1S/C31H20Cl15N3O6.ClH/c1-7(2)6-31(47,9-10(32)12(34)14(36)13(35)11(9)33)30(52)55-48-27(29(51)53-26-23(45)19(41)16(38)20(42)24(26)46)54-28(50)8-4-3-5-49(8)25-21(43)17(39)15(37)18(40)22(25)44;/h7-8,27,48H,3-6,47H2,1-2H3;1H. The average molecular weight is 1100 g/mol. The van der Waals surface area contributed by atoms with Gasteiger partial charge in [-0.2, -0.15) is 0 Å². The van der Waals surface area contributed by atoms with Gasteiger partial charge in [-0.1, -0.05) is 188 Å². The molecule has 9 nitrogen and oxygen atoms in total. The molecule has 0 aromatic heterocycles. The van der Waals surface area contributed by atoms with Gasteiger partial charge in [0, 0.05) is 12.1 Å². The van der Waals surface area contributed by atoms with E-state index in [9.17, 15) is 14.4 Å². The third-order valence-electron chi connectivity index (χ3n) is 7.83. The molecule has 1 aliphatic rings. The summed E-state index contributed by atoms with van der Waals surface area (Å²) < 4.78 is 10.9.